The summed E-state index contributed by atoms with van der Waals surface area (Å²) in [4.78, 5) is 21.7. The fourth-order valence-corrected chi connectivity index (χ4v) is 7.44. The van der Waals surface area contributed by atoms with Crippen molar-refractivity contribution in [3.8, 4) is 11.5 Å². The lowest BCUT2D eigenvalue weighted by atomic mass is 9.94. The van der Waals surface area contributed by atoms with Gasteiger partial charge in [-0.05, 0) is 85.8 Å². The second-order valence-corrected chi connectivity index (χ2v) is 13.2. The summed E-state index contributed by atoms with van der Waals surface area (Å²) in [7, 11) is 0. The lowest BCUT2D eigenvalue weighted by Crippen LogP contribution is -2.41. The number of hydrogen-bond donors (Lipinski definition) is 0. The third kappa shape index (κ3) is 7.21. The number of amidine groups is 1. The van der Waals surface area contributed by atoms with E-state index in [1.807, 2.05) is 36.1 Å². The van der Waals surface area contributed by atoms with E-state index in [4.69, 9.17) is 37.7 Å². The molecule has 0 unspecified atom stereocenters. The Hall–Kier alpha value is -1.67. The third-order valence-corrected chi connectivity index (χ3v) is 10.1. The Morgan fingerprint density at radius 1 is 0.975 bits per heavy atom. The molecule has 1 saturated heterocycles. The van der Waals surface area contributed by atoms with E-state index in [1.165, 1.54) is 50.3 Å². The monoisotopic (exact) mass is 664 g/mol. The zero-order chi connectivity index (χ0) is 28.1. The van der Waals surface area contributed by atoms with Crippen molar-refractivity contribution in [3.63, 3.8) is 0 Å². The van der Waals surface area contributed by atoms with E-state index in [0.717, 1.165) is 46.5 Å². The summed E-state index contributed by atoms with van der Waals surface area (Å²) in [6.45, 7) is 2.74. The van der Waals surface area contributed by atoms with Crippen molar-refractivity contribution in [2.45, 2.75) is 89.8 Å². The predicted molar refractivity (Wildman–Crippen MR) is 170 cm³/mol. The van der Waals surface area contributed by atoms with E-state index in [9.17, 15) is 4.79 Å². The van der Waals surface area contributed by atoms with Crippen LogP contribution in [0.15, 0.2) is 44.7 Å². The molecule has 0 N–H and O–H groups in total. The van der Waals surface area contributed by atoms with Crippen LogP contribution < -0.4 is 9.47 Å². The van der Waals surface area contributed by atoms with Gasteiger partial charge in [0.25, 0.3) is 5.91 Å². The molecule has 0 atom stereocenters. The Balaban J connectivity index is 1.41. The first-order chi connectivity index (χ1) is 19.4. The second kappa shape index (κ2) is 14.0. The van der Waals surface area contributed by atoms with E-state index in [-0.39, 0.29) is 11.9 Å². The van der Waals surface area contributed by atoms with Crippen molar-refractivity contribution in [3.05, 3.63) is 60.9 Å². The maximum absolute atomic E-state index is 13.8. The van der Waals surface area contributed by atoms with Gasteiger partial charge in [-0.2, -0.15) is 0 Å². The molecule has 0 radical (unpaired) electrons. The molecular formula is C31H35BrCl2N2O3S. The summed E-state index contributed by atoms with van der Waals surface area (Å²) in [6.07, 6.45) is 13.6. The highest BCUT2D eigenvalue weighted by molar-refractivity contribution is 9.10. The highest BCUT2D eigenvalue weighted by Crippen LogP contribution is 2.41. The van der Waals surface area contributed by atoms with Crippen LogP contribution in [0.2, 0.25) is 10.0 Å². The van der Waals surface area contributed by atoms with Gasteiger partial charge in [0.2, 0.25) is 0 Å². The van der Waals surface area contributed by atoms with E-state index >= 15 is 0 Å². The van der Waals surface area contributed by atoms with Gasteiger partial charge in [0.05, 0.1) is 27.6 Å². The minimum Gasteiger partial charge on any atom is -0.490 e. The average molecular weight is 667 g/mol. The van der Waals surface area contributed by atoms with Crippen molar-refractivity contribution in [2.75, 3.05) is 6.61 Å². The third-order valence-electron chi connectivity index (χ3n) is 7.67. The van der Waals surface area contributed by atoms with Crippen molar-refractivity contribution in [2.24, 2.45) is 4.99 Å². The smallest absolute Gasteiger partial charge is 0.267 e. The number of nitrogens with zero attached hydrogens (tertiary/aromatic N) is 2. The molecule has 3 aliphatic rings. The van der Waals surface area contributed by atoms with E-state index in [1.54, 1.807) is 12.1 Å². The molecular weight excluding hydrogens is 631 g/mol. The van der Waals surface area contributed by atoms with E-state index in [2.05, 4.69) is 15.9 Å². The Bertz CT molecular complexity index is 1290. The van der Waals surface area contributed by atoms with E-state index in [0.29, 0.717) is 45.7 Å². The van der Waals surface area contributed by atoms with Crippen molar-refractivity contribution in [1.82, 2.24) is 4.90 Å². The van der Waals surface area contributed by atoms with Gasteiger partial charge in [-0.25, -0.2) is 0 Å². The molecule has 214 valence electrons. The minimum atomic E-state index is 0.0660. The van der Waals surface area contributed by atoms with Gasteiger partial charge in [0.15, 0.2) is 16.7 Å². The van der Waals surface area contributed by atoms with E-state index < -0.39 is 0 Å². The fraction of sp³-hybridized carbons (Fsp3) is 0.484. The zero-order valence-electron chi connectivity index (χ0n) is 22.8. The highest BCUT2D eigenvalue weighted by atomic mass is 79.9. The molecule has 1 amide bonds. The summed E-state index contributed by atoms with van der Waals surface area (Å²) in [5.74, 6) is 1.29. The van der Waals surface area contributed by atoms with Gasteiger partial charge in [-0.3, -0.25) is 14.7 Å². The number of carbonyl (C=O) groups is 1. The molecule has 0 aromatic heterocycles. The zero-order valence-corrected chi connectivity index (χ0v) is 26.7. The van der Waals surface area contributed by atoms with Crippen LogP contribution >= 0.6 is 50.9 Å². The van der Waals surface area contributed by atoms with Crippen LogP contribution in [0.25, 0.3) is 6.08 Å². The Kier molecular flexibility index (Phi) is 10.4. The van der Waals surface area contributed by atoms with Crippen molar-refractivity contribution >= 4 is 68.0 Å². The fourth-order valence-electron chi connectivity index (χ4n) is 5.58. The maximum atomic E-state index is 13.8. The molecule has 1 heterocycles. The van der Waals surface area contributed by atoms with Gasteiger partial charge in [0.1, 0.15) is 6.61 Å². The summed E-state index contributed by atoms with van der Waals surface area (Å²) >= 11 is 17.5. The van der Waals surface area contributed by atoms with Gasteiger partial charge in [-0.1, -0.05) is 83.7 Å². The molecule has 1 aliphatic heterocycles. The first kappa shape index (κ1) is 29.8. The summed E-state index contributed by atoms with van der Waals surface area (Å²) < 4.78 is 12.9. The van der Waals surface area contributed by atoms with Crippen LogP contribution in [-0.2, 0) is 11.4 Å². The lowest BCUT2D eigenvalue weighted by Gasteiger charge is -2.31. The van der Waals surface area contributed by atoms with Crippen LogP contribution in [0, 0.1) is 0 Å². The molecule has 0 bridgehead atoms. The van der Waals surface area contributed by atoms with Gasteiger partial charge < -0.3 is 9.47 Å². The lowest BCUT2D eigenvalue weighted by molar-refractivity contribution is -0.124. The minimum absolute atomic E-state index is 0.0660. The maximum Gasteiger partial charge on any atom is 0.267 e. The van der Waals surface area contributed by atoms with Crippen LogP contribution in [0.5, 0.6) is 11.5 Å². The number of ether oxygens (including phenoxy) is 2. The number of hydrogen-bond acceptors (Lipinski definition) is 5. The summed E-state index contributed by atoms with van der Waals surface area (Å²) in [5.41, 5.74) is 1.77. The largest absolute Gasteiger partial charge is 0.490 e. The Morgan fingerprint density at radius 2 is 1.68 bits per heavy atom. The standard InChI is InChI=1S/C31H35BrCl2N2O3S/c1-2-38-27-16-21(24(32)18-28(27)39-19-20-13-14-25(33)26(34)15-20)17-29-30(37)36(23-11-7-4-8-12-23)31(40-29)35-22-9-5-3-6-10-22/h13-18,22-23H,2-12,19H2,1H3. The number of aliphatic imine (C=N–C) groups is 1. The average Bonchev–Trinajstić information content (AvgIpc) is 3.26. The normalized spacial score (nSPS) is 21.0. The SMILES string of the molecule is CCOc1cc(C=C2SC(=NC3CCCCC3)N(C3CCCCC3)C2=O)c(Br)cc1OCc1ccc(Cl)c(Cl)c1. The number of amides is 1. The van der Waals surface area contributed by atoms with Crippen molar-refractivity contribution in [1.29, 1.82) is 0 Å². The Labute approximate surface area is 259 Å². The Morgan fingerprint density at radius 3 is 2.38 bits per heavy atom. The molecule has 40 heavy (non-hydrogen) atoms. The quantitative estimate of drug-likeness (QED) is 0.264. The molecule has 2 aromatic carbocycles. The summed E-state index contributed by atoms with van der Waals surface area (Å²) in [5, 5.41) is 1.88. The van der Waals surface area contributed by atoms with Crippen LogP contribution in [0.3, 0.4) is 0 Å². The van der Waals surface area contributed by atoms with Crippen LogP contribution in [0.1, 0.15) is 82.3 Å². The van der Waals surface area contributed by atoms with Crippen molar-refractivity contribution < 1.29 is 14.3 Å². The van der Waals surface area contributed by atoms with Crippen LogP contribution in [-0.4, -0.2) is 34.7 Å². The number of carbonyl (C=O) groups excluding carboxylic acids is 1. The first-order valence-electron chi connectivity index (χ1n) is 14.3. The molecule has 3 fully saturated rings. The predicted octanol–water partition coefficient (Wildman–Crippen LogP) is 9.67. The van der Waals surface area contributed by atoms with Gasteiger partial charge >= 0.3 is 0 Å². The van der Waals surface area contributed by atoms with Crippen LogP contribution in [0.4, 0.5) is 0 Å². The molecule has 2 saturated carbocycles. The molecule has 2 aromatic rings. The number of halogens is 3. The highest BCUT2D eigenvalue weighted by Gasteiger charge is 2.39. The van der Waals surface area contributed by atoms with Gasteiger partial charge in [0, 0.05) is 10.5 Å². The number of benzene rings is 2. The molecule has 9 heteroatoms. The molecule has 0 spiro atoms. The topological polar surface area (TPSA) is 51.1 Å². The molecule has 5 rings (SSSR count). The first-order valence-corrected chi connectivity index (χ1v) is 16.6. The molecule has 5 nitrogen and oxygen atoms in total. The number of thioether (sulfide) groups is 1. The van der Waals surface area contributed by atoms with Gasteiger partial charge in [-0.15, -0.1) is 0 Å². The second-order valence-electron chi connectivity index (χ2n) is 10.6. The molecule has 2 aliphatic carbocycles. The summed E-state index contributed by atoms with van der Waals surface area (Å²) in [6, 6.07) is 9.82. The number of rotatable bonds is 8.